The molecule has 0 saturated carbocycles. The summed E-state index contributed by atoms with van der Waals surface area (Å²) in [4.78, 5) is 4.72. The molecule has 0 saturated heterocycles. The lowest BCUT2D eigenvalue weighted by Gasteiger charge is -2.21. The summed E-state index contributed by atoms with van der Waals surface area (Å²) < 4.78 is 0. The molecule has 1 heteroatoms. The lowest BCUT2D eigenvalue weighted by atomic mass is 9.84. The number of hydrogen-bond donors (Lipinski definition) is 0. The number of benzene rings is 2. The van der Waals surface area contributed by atoms with E-state index >= 15 is 0 Å². The topological polar surface area (TPSA) is 12.9 Å². The summed E-state index contributed by atoms with van der Waals surface area (Å²) in [6.45, 7) is 13.4. The number of aryl methyl sites for hydroxylation is 1. The van der Waals surface area contributed by atoms with E-state index in [1.54, 1.807) is 0 Å². The summed E-state index contributed by atoms with van der Waals surface area (Å²) in [6.07, 6.45) is 1.93. The molecule has 0 unspecified atom stereocenters. The van der Waals surface area contributed by atoms with Gasteiger partial charge in [-0.05, 0) is 53.0 Å². The summed E-state index contributed by atoms with van der Waals surface area (Å²) >= 11 is 0. The van der Waals surface area contributed by atoms with Crippen LogP contribution in [0.3, 0.4) is 0 Å². The Hall–Kier alpha value is -2.15. The second kappa shape index (κ2) is 6.05. The van der Waals surface area contributed by atoms with Gasteiger partial charge in [0.05, 0.1) is 5.69 Å². The SMILES string of the molecule is Cc1cc(-c2nccc3cc(C(C)C)ccc23)cc(C(C)(C)C)c1. The zero-order chi connectivity index (χ0) is 17.5. The van der Waals surface area contributed by atoms with Crippen molar-refractivity contribution in [2.75, 3.05) is 0 Å². The minimum atomic E-state index is 0.135. The largest absolute Gasteiger partial charge is 0.256 e. The van der Waals surface area contributed by atoms with Gasteiger partial charge in [-0.15, -0.1) is 0 Å². The summed E-state index contributed by atoms with van der Waals surface area (Å²) in [5.41, 5.74) is 6.44. The molecule has 0 fully saturated rings. The van der Waals surface area contributed by atoms with E-state index in [-0.39, 0.29) is 5.41 Å². The molecule has 0 aliphatic rings. The van der Waals surface area contributed by atoms with E-state index in [1.165, 1.54) is 33.0 Å². The highest BCUT2D eigenvalue weighted by Crippen LogP contribution is 2.32. The van der Waals surface area contributed by atoms with E-state index in [2.05, 4.69) is 84.0 Å². The maximum absolute atomic E-state index is 4.72. The Labute approximate surface area is 145 Å². The van der Waals surface area contributed by atoms with E-state index in [4.69, 9.17) is 4.98 Å². The van der Waals surface area contributed by atoms with Crippen molar-refractivity contribution in [1.82, 2.24) is 4.98 Å². The molecule has 24 heavy (non-hydrogen) atoms. The highest BCUT2D eigenvalue weighted by molar-refractivity contribution is 5.95. The van der Waals surface area contributed by atoms with E-state index in [9.17, 15) is 0 Å². The van der Waals surface area contributed by atoms with Crippen LogP contribution in [-0.2, 0) is 5.41 Å². The second-order valence-electron chi connectivity index (χ2n) is 8.13. The van der Waals surface area contributed by atoms with Gasteiger partial charge in [0.1, 0.15) is 0 Å². The van der Waals surface area contributed by atoms with Crippen LogP contribution in [0.15, 0.2) is 48.7 Å². The number of rotatable bonds is 2. The molecular weight excluding hydrogens is 290 g/mol. The van der Waals surface area contributed by atoms with Crippen molar-refractivity contribution in [3.8, 4) is 11.3 Å². The van der Waals surface area contributed by atoms with Gasteiger partial charge in [0, 0.05) is 17.1 Å². The molecule has 0 atom stereocenters. The monoisotopic (exact) mass is 317 g/mol. The highest BCUT2D eigenvalue weighted by atomic mass is 14.7. The van der Waals surface area contributed by atoms with Crippen LogP contribution in [0.4, 0.5) is 0 Å². The Morgan fingerprint density at radius 2 is 1.67 bits per heavy atom. The summed E-state index contributed by atoms with van der Waals surface area (Å²) in [7, 11) is 0. The van der Waals surface area contributed by atoms with Gasteiger partial charge in [-0.25, -0.2) is 0 Å². The fourth-order valence-electron chi connectivity index (χ4n) is 3.14. The summed E-state index contributed by atoms with van der Waals surface area (Å²) in [6, 6.07) is 15.7. The molecule has 0 spiro atoms. The molecule has 124 valence electrons. The Balaban J connectivity index is 2.21. The molecule has 0 aliphatic carbocycles. The fraction of sp³-hybridized carbons (Fsp3) is 0.348. The van der Waals surface area contributed by atoms with Crippen molar-refractivity contribution in [1.29, 1.82) is 0 Å². The maximum Gasteiger partial charge on any atom is 0.0780 e. The zero-order valence-electron chi connectivity index (χ0n) is 15.6. The lowest BCUT2D eigenvalue weighted by molar-refractivity contribution is 0.590. The quantitative estimate of drug-likeness (QED) is 0.517. The van der Waals surface area contributed by atoms with Crippen molar-refractivity contribution in [2.24, 2.45) is 0 Å². The van der Waals surface area contributed by atoms with Gasteiger partial charge in [0.15, 0.2) is 0 Å². The van der Waals surface area contributed by atoms with E-state index in [0.29, 0.717) is 5.92 Å². The molecule has 3 rings (SSSR count). The van der Waals surface area contributed by atoms with Crippen LogP contribution in [0.5, 0.6) is 0 Å². The van der Waals surface area contributed by atoms with Crippen LogP contribution in [0.2, 0.25) is 0 Å². The van der Waals surface area contributed by atoms with Crippen molar-refractivity contribution in [3.63, 3.8) is 0 Å². The second-order valence-corrected chi connectivity index (χ2v) is 8.13. The van der Waals surface area contributed by atoms with Crippen molar-refractivity contribution in [2.45, 2.75) is 52.9 Å². The van der Waals surface area contributed by atoms with Crippen molar-refractivity contribution >= 4 is 10.8 Å². The number of fused-ring (bicyclic) bond motifs is 1. The predicted molar refractivity (Wildman–Crippen MR) is 105 cm³/mol. The third kappa shape index (κ3) is 3.21. The van der Waals surface area contributed by atoms with Gasteiger partial charge in [-0.2, -0.15) is 0 Å². The van der Waals surface area contributed by atoms with Gasteiger partial charge < -0.3 is 0 Å². The third-order valence-corrected chi connectivity index (χ3v) is 4.67. The maximum atomic E-state index is 4.72. The first-order chi connectivity index (χ1) is 11.3. The van der Waals surface area contributed by atoms with Gasteiger partial charge >= 0.3 is 0 Å². The van der Waals surface area contributed by atoms with Crippen LogP contribution in [-0.4, -0.2) is 4.98 Å². The minimum Gasteiger partial charge on any atom is -0.256 e. The molecule has 1 heterocycles. The molecule has 1 aromatic heterocycles. The van der Waals surface area contributed by atoms with Crippen molar-refractivity contribution < 1.29 is 0 Å². The van der Waals surface area contributed by atoms with E-state index < -0.39 is 0 Å². The Morgan fingerprint density at radius 3 is 2.33 bits per heavy atom. The lowest BCUT2D eigenvalue weighted by Crippen LogP contribution is -2.11. The molecule has 2 aromatic carbocycles. The first kappa shape index (κ1) is 16.7. The Bertz CT molecular complexity index is 882. The van der Waals surface area contributed by atoms with Gasteiger partial charge in [0.25, 0.3) is 0 Å². The van der Waals surface area contributed by atoms with Gasteiger partial charge in [-0.1, -0.05) is 64.4 Å². The number of nitrogens with zero attached hydrogens (tertiary/aromatic N) is 1. The average Bonchev–Trinajstić information content (AvgIpc) is 2.52. The molecule has 1 nitrogen and oxygen atoms in total. The molecular formula is C23H27N. The number of aromatic nitrogens is 1. The van der Waals surface area contributed by atoms with Gasteiger partial charge in [0.2, 0.25) is 0 Å². The van der Waals surface area contributed by atoms with Crippen LogP contribution in [0, 0.1) is 6.92 Å². The Kier molecular flexibility index (Phi) is 4.21. The van der Waals surface area contributed by atoms with Crippen LogP contribution < -0.4 is 0 Å². The average molecular weight is 317 g/mol. The molecule has 0 N–H and O–H groups in total. The molecule has 0 bridgehead atoms. The minimum absolute atomic E-state index is 0.135. The zero-order valence-corrected chi connectivity index (χ0v) is 15.6. The standard InChI is InChI=1S/C23H27N/c1-15(2)17-7-8-21-18(13-17)9-10-24-22(21)19-11-16(3)12-20(14-19)23(4,5)6/h7-15H,1-6H3. The van der Waals surface area contributed by atoms with Crippen LogP contribution in [0.25, 0.3) is 22.0 Å². The van der Waals surface area contributed by atoms with Crippen LogP contribution in [0.1, 0.15) is 57.2 Å². The smallest absolute Gasteiger partial charge is 0.0780 e. The summed E-state index contributed by atoms with van der Waals surface area (Å²) in [5, 5.41) is 2.50. The normalized spacial score (nSPS) is 12.1. The highest BCUT2D eigenvalue weighted by Gasteiger charge is 2.16. The fourth-order valence-corrected chi connectivity index (χ4v) is 3.14. The first-order valence-corrected chi connectivity index (χ1v) is 8.77. The third-order valence-electron chi connectivity index (χ3n) is 4.67. The molecule has 0 radical (unpaired) electrons. The van der Waals surface area contributed by atoms with Gasteiger partial charge in [-0.3, -0.25) is 4.98 Å². The molecule has 3 aromatic rings. The van der Waals surface area contributed by atoms with E-state index in [0.717, 1.165) is 5.69 Å². The van der Waals surface area contributed by atoms with Crippen LogP contribution >= 0.6 is 0 Å². The Morgan fingerprint density at radius 1 is 0.917 bits per heavy atom. The first-order valence-electron chi connectivity index (χ1n) is 8.77. The molecule has 0 amide bonds. The van der Waals surface area contributed by atoms with E-state index in [1.807, 2.05) is 6.20 Å². The molecule has 0 aliphatic heterocycles. The van der Waals surface area contributed by atoms with Crippen molar-refractivity contribution in [3.05, 3.63) is 65.4 Å². The number of hydrogen-bond acceptors (Lipinski definition) is 1. The number of pyridine rings is 1. The predicted octanol–water partition coefficient (Wildman–Crippen LogP) is 6.63. The summed E-state index contributed by atoms with van der Waals surface area (Å²) in [5.74, 6) is 0.539.